The molecule has 0 saturated heterocycles. The lowest BCUT2D eigenvalue weighted by Gasteiger charge is -2.32. The fourth-order valence-corrected chi connectivity index (χ4v) is 5.99. The van der Waals surface area contributed by atoms with Crippen molar-refractivity contribution in [3.8, 4) is 22.4 Å². The van der Waals surface area contributed by atoms with Crippen LogP contribution in [0.25, 0.3) is 33.7 Å². The van der Waals surface area contributed by atoms with Crippen LogP contribution in [0.4, 0.5) is 8.78 Å². The quantitative estimate of drug-likeness (QED) is 0.171. The second-order valence-corrected chi connectivity index (χ2v) is 11.1. The smallest absolute Gasteiger partial charge is 0.251 e. The molecule has 0 aliphatic carbocycles. The minimum atomic E-state index is -0.323. The maximum Gasteiger partial charge on any atom is 0.251 e. The number of pyridine rings is 3. The number of hydrogen-bond acceptors (Lipinski definition) is 4. The van der Waals surface area contributed by atoms with E-state index in [0.29, 0.717) is 41.9 Å². The molecule has 1 amide bonds. The highest BCUT2D eigenvalue weighted by Crippen LogP contribution is 2.39. The molecule has 0 radical (unpaired) electrons. The van der Waals surface area contributed by atoms with Crippen molar-refractivity contribution in [1.29, 1.82) is 0 Å². The van der Waals surface area contributed by atoms with Gasteiger partial charge >= 0.3 is 0 Å². The summed E-state index contributed by atoms with van der Waals surface area (Å²) in [6.07, 6.45) is 4.27. The van der Waals surface area contributed by atoms with Gasteiger partial charge < -0.3 is 9.47 Å². The van der Waals surface area contributed by atoms with E-state index >= 15 is 0 Å². The molecule has 2 aromatic carbocycles. The molecule has 46 heavy (non-hydrogen) atoms. The van der Waals surface area contributed by atoms with Gasteiger partial charge in [0.25, 0.3) is 5.56 Å². The van der Waals surface area contributed by atoms with E-state index in [1.54, 1.807) is 58.3 Å². The Hall–Kier alpha value is -4.66. The molecule has 1 aliphatic rings. The number of carbonyl (C=O) groups is 1. The first-order chi connectivity index (χ1) is 22.2. The summed E-state index contributed by atoms with van der Waals surface area (Å²) < 4.78 is 28.2. The number of carbonyl (C=O) groups excluding carboxylic acids is 1. The number of allylic oxidation sites excluding steroid dienone is 1. The first kappa shape index (κ1) is 32.7. The van der Waals surface area contributed by atoms with E-state index in [9.17, 15) is 18.4 Å². The summed E-state index contributed by atoms with van der Waals surface area (Å²) in [5.41, 5.74) is 6.24. The summed E-state index contributed by atoms with van der Waals surface area (Å²) in [7, 11) is 0. The van der Waals surface area contributed by atoms with Crippen LogP contribution in [0, 0.1) is 11.6 Å². The van der Waals surface area contributed by atoms with E-state index in [4.69, 9.17) is 23.2 Å². The zero-order chi connectivity index (χ0) is 32.8. The number of amides is 1. The van der Waals surface area contributed by atoms with Gasteiger partial charge in [-0.15, -0.1) is 0 Å². The number of rotatable bonds is 6. The SMILES string of the molecule is CCN1C(=O)CCC(c2cccnc2Cl)=C1c1ccc(F)cc1.CCn1c(-c2ccc(F)cc2)c(-c2cccnc2Cl)ccc1=O. The maximum atomic E-state index is 13.3. The Bertz CT molecular complexity index is 1960. The van der Waals surface area contributed by atoms with Gasteiger partial charge in [0.15, 0.2) is 0 Å². The summed E-state index contributed by atoms with van der Waals surface area (Å²) in [4.78, 5) is 34.5. The Balaban J connectivity index is 0.000000181. The first-order valence-corrected chi connectivity index (χ1v) is 15.5. The molecule has 5 aromatic rings. The number of hydrogen-bond donors (Lipinski definition) is 0. The fourth-order valence-electron chi connectivity index (χ4n) is 5.54. The predicted octanol–water partition coefficient (Wildman–Crippen LogP) is 8.77. The zero-order valence-corrected chi connectivity index (χ0v) is 26.7. The van der Waals surface area contributed by atoms with Crippen molar-refractivity contribution in [3.05, 3.63) is 141 Å². The lowest BCUT2D eigenvalue weighted by Crippen LogP contribution is -2.33. The van der Waals surface area contributed by atoms with Gasteiger partial charge in [0.2, 0.25) is 5.91 Å². The predicted molar refractivity (Wildman–Crippen MR) is 179 cm³/mol. The third-order valence-electron chi connectivity index (χ3n) is 7.63. The Morgan fingerprint density at radius 2 is 1.24 bits per heavy atom. The van der Waals surface area contributed by atoms with Crippen molar-refractivity contribution in [3.63, 3.8) is 0 Å². The highest BCUT2D eigenvalue weighted by Gasteiger charge is 2.28. The van der Waals surface area contributed by atoms with Gasteiger partial charge in [0.1, 0.15) is 21.9 Å². The Morgan fingerprint density at radius 3 is 1.78 bits per heavy atom. The van der Waals surface area contributed by atoms with Crippen LogP contribution < -0.4 is 5.56 Å². The van der Waals surface area contributed by atoms with Crippen LogP contribution in [0.2, 0.25) is 10.3 Å². The van der Waals surface area contributed by atoms with Crippen molar-refractivity contribution in [2.45, 2.75) is 33.2 Å². The normalized spacial score (nSPS) is 13.0. The van der Waals surface area contributed by atoms with Crippen molar-refractivity contribution >= 4 is 40.4 Å². The summed E-state index contributed by atoms with van der Waals surface area (Å²) >= 11 is 12.5. The molecule has 0 unspecified atom stereocenters. The number of nitrogens with zero attached hydrogens (tertiary/aromatic N) is 4. The standard InChI is InChI=1S/C18H16ClFN2O.C18H14ClFN2O/c2*1-2-22-16(23)10-9-14(15-4-3-11-21-18(15)19)17(22)12-5-7-13(20)8-6-12/h3-8,11H,2,9-10H2,1H3;3-11H,2H2,1H3. The average molecular weight is 660 g/mol. The van der Waals surface area contributed by atoms with Crippen molar-refractivity contribution in [2.24, 2.45) is 0 Å². The minimum absolute atomic E-state index is 0.0654. The second kappa shape index (κ2) is 14.6. The number of aromatic nitrogens is 3. The van der Waals surface area contributed by atoms with Crippen molar-refractivity contribution in [1.82, 2.24) is 19.4 Å². The van der Waals surface area contributed by atoms with Gasteiger partial charge in [-0.1, -0.05) is 29.3 Å². The topological polar surface area (TPSA) is 68.1 Å². The van der Waals surface area contributed by atoms with Gasteiger partial charge in [-0.3, -0.25) is 9.59 Å². The van der Waals surface area contributed by atoms with Gasteiger partial charge in [-0.2, -0.15) is 0 Å². The summed E-state index contributed by atoms with van der Waals surface area (Å²) in [5.74, 6) is -0.563. The Morgan fingerprint density at radius 1 is 0.674 bits per heavy atom. The molecule has 0 atom stereocenters. The van der Waals surface area contributed by atoms with Crippen LogP contribution in [-0.4, -0.2) is 31.9 Å². The van der Waals surface area contributed by atoms with Gasteiger partial charge in [0, 0.05) is 54.7 Å². The van der Waals surface area contributed by atoms with Crippen LogP contribution in [0.1, 0.15) is 37.8 Å². The molecule has 0 N–H and O–H groups in total. The monoisotopic (exact) mass is 658 g/mol. The lowest BCUT2D eigenvalue weighted by atomic mass is 9.92. The fraction of sp³-hybridized carbons (Fsp3) is 0.167. The molecule has 0 spiro atoms. The molecule has 10 heteroatoms. The van der Waals surface area contributed by atoms with E-state index in [1.807, 2.05) is 32.0 Å². The van der Waals surface area contributed by atoms with E-state index in [2.05, 4.69) is 9.97 Å². The van der Waals surface area contributed by atoms with Crippen molar-refractivity contribution in [2.75, 3.05) is 6.54 Å². The Labute approximate surface area is 275 Å². The number of halogens is 4. The zero-order valence-electron chi connectivity index (χ0n) is 25.2. The van der Waals surface area contributed by atoms with E-state index in [-0.39, 0.29) is 23.1 Å². The average Bonchev–Trinajstić information content (AvgIpc) is 3.06. The van der Waals surface area contributed by atoms with Gasteiger partial charge in [-0.05, 0) is 110 Å². The van der Waals surface area contributed by atoms with E-state index in [1.165, 1.54) is 30.3 Å². The third kappa shape index (κ3) is 6.93. The summed E-state index contributed by atoms with van der Waals surface area (Å²) in [5, 5.41) is 0.768. The van der Waals surface area contributed by atoms with Crippen LogP contribution >= 0.6 is 23.2 Å². The minimum Gasteiger partial charge on any atom is -0.312 e. The molecule has 3 aromatic heterocycles. The molecule has 6 nitrogen and oxygen atoms in total. The highest BCUT2D eigenvalue weighted by molar-refractivity contribution is 6.32. The Kier molecular flexibility index (Phi) is 10.4. The molecule has 0 saturated carbocycles. The van der Waals surface area contributed by atoms with Gasteiger partial charge in [0.05, 0.1) is 11.4 Å². The van der Waals surface area contributed by atoms with E-state index < -0.39 is 0 Å². The van der Waals surface area contributed by atoms with Crippen LogP contribution in [0.15, 0.2) is 102 Å². The molecular formula is C36H30Cl2F2N4O2. The molecule has 234 valence electrons. The molecule has 0 bridgehead atoms. The largest absolute Gasteiger partial charge is 0.312 e. The summed E-state index contributed by atoms with van der Waals surface area (Å²) in [6, 6.07) is 22.9. The molecule has 4 heterocycles. The highest BCUT2D eigenvalue weighted by atomic mass is 35.5. The first-order valence-electron chi connectivity index (χ1n) is 14.7. The van der Waals surface area contributed by atoms with Crippen LogP contribution in [0.3, 0.4) is 0 Å². The molecule has 6 rings (SSSR count). The maximum absolute atomic E-state index is 13.3. The second-order valence-electron chi connectivity index (χ2n) is 10.3. The summed E-state index contributed by atoms with van der Waals surface area (Å²) in [6.45, 7) is 4.86. The van der Waals surface area contributed by atoms with Crippen LogP contribution in [-0.2, 0) is 11.3 Å². The third-order valence-corrected chi connectivity index (χ3v) is 8.23. The molecular weight excluding hydrogens is 629 g/mol. The molecule has 0 fully saturated rings. The van der Waals surface area contributed by atoms with Crippen molar-refractivity contribution < 1.29 is 13.6 Å². The molecule has 1 aliphatic heterocycles. The number of benzene rings is 2. The van der Waals surface area contributed by atoms with E-state index in [0.717, 1.165) is 39.1 Å². The van der Waals surface area contributed by atoms with Crippen LogP contribution in [0.5, 0.6) is 0 Å². The van der Waals surface area contributed by atoms with Gasteiger partial charge in [-0.25, -0.2) is 18.7 Å². The lowest BCUT2D eigenvalue weighted by molar-refractivity contribution is -0.128.